The molecule has 0 unspecified atom stereocenters. The van der Waals surface area contributed by atoms with Crippen LogP contribution < -0.4 is 0 Å². The number of hydrogen-bond donors (Lipinski definition) is 0. The van der Waals surface area contributed by atoms with Crippen LogP contribution in [0.15, 0.2) is 29.2 Å². The Morgan fingerprint density at radius 2 is 1.83 bits per heavy atom. The van der Waals surface area contributed by atoms with Gasteiger partial charge in [-0.05, 0) is 57.4 Å². The van der Waals surface area contributed by atoms with Gasteiger partial charge in [-0.15, -0.1) is 11.8 Å². The Morgan fingerprint density at radius 3 is 2.46 bits per heavy atom. The van der Waals surface area contributed by atoms with E-state index in [9.17, 15) is 9.59 Å². The molecule has 0 bridgehead atoms. The van der Waals surface area contributed by atoms with Crippen LogP contribution in [0.2, 0.25) is 5.02 Å². The molecule has 1 aromatic rings. The van der Waals surface area contributed by atoms with Crippen LogP contribution >= 0.6 is 23.4 Å². The molecule has 1 amide bonds. The van der Waals surface area contributed by atoms with Gasteiger partial charge in [-0.1, -0.05) is 11.6 Å². The van der Waals surface area contributed by atoms with Gasteiger partial charge < -0.3 is 9.64 Å². The number of hydrogen-bond acceptors (Lipinski definition) is 4. The number of ether oxygens (including phenoxy) is 1. The van der Waals surface area contributed by atoms with E-state index in [1.165, 1.54) is 0 Å². The highest BCUT2D eigenvalue weighted by atomic mass is 35.5. The molecular formula is C18H24ClNO3S. The van der Waals surface area contributed by atoms with Gasteiger partial charge >= 0.3 is 5.97 Å². The number of esters is 1. The number of thioether (sulfide) groups is 1. The van der Waals surface area contributed by atoms with Crippen molar-refractivity contribution in [2.75, 3.05) is 12.4 Å². The van der Waals surface area contributed by atoms with Gasteiger partial charge in [0.1, 0.15) is 0 Å². The van der Waals surface area contributed by atoms with Crippen molar-refractivity contribution in [1.82, 2.24) is 4.90 Å². The lowest BCUT2D eigenvalue weighted by atomic mass is 9.97. The zero-order valence-electron chi connectivity index (χ0n) is 14.2. The van der Waals surface area contributed by atoms with E-state index in [0.717, 1.165) is 24.2 Å². The largest absolute Gasteiger partial charge is 0.456 e. The fourth-order valence-electron chi connectivity index (χ4n) is 2.98. The van der Waals surface area contributed by atoms with E-state index in [2.05, 4.69) is 13.8 Å². The average molecular weight is 370 g/mol. The Morgan fingerprint density at radius 1 is 1.21 bits per heavy atom. The summed E-state index contributed by atoms with van der Waals surface area (Å²) in [6.07, 6.45) is 3.46. The number of halogens is 1. The van der Waals surface area contributed by atoms with Gasteiger partial charge in [0.15, 0.2) is 6.61 Å². The van der Waals surface area contributed by atoms with Crippen LogP contribution in [0.25, 0.3) is 0 Å². The van der Waals surface area contributed by atoms with Crippen molar-refractivity contribution in [3.05, 3.63) is 29.3 Å². The number of nitrogens with zero attached hydrogens (tertiary/aromatic N) is 1. The number of rotatable bonds is 6. The van der Waals surface area contributed by atoms with E-state index >= 15 is 0 Å². The maximum Gasteiger partial charge on any atom is 0.307 e. The topological polar surface area (TPSA) is 46.6 Å². The predicted molar refractivity (Wildman–Crippen MR) is 97.4 cm³/mol. The molecule has 2 rings (SSSR count). The van der Waals surface area contributed by atoms with E-state index < -0.39 is 0 Å². The lowest BCUT2D eigenvalue weighted by Crippen LogP contribution is -2.49. The van der Waals surface area contributed by atoms with Crippen molar-refractivity contribution < 1.29 is 14.3 Å². The van der Waals surface area contributed by atoms with E-state index in [1.807, 2.05) is 29.2 Å². The molecular weight excluding hydrogens is 346 g/mol. The molecule has 1 aliphatic heterocycles. The van der Waals surface area contributed by atoms with Crippen LogP contribution in [0.3, 0.4) is 0 Å². The van der Waals surface area contributed by atoms with Crippen LogP contribution in [0, 0.1) is 0 Å². The van der Waals surface area contributed by atoms with E-state index in [-0.39, 0.29) is 37.0 Å². The summed E-state index contributed by atoms with van der Waals surface area (Å²) in [6.45, 7) is 3.95. The number of carbonyl (C=O) groups excluding carboxylic acids is 2. The third kappa shape index (κ3) is 5.71. The Kier molecular flexibility index (Phi) is 7.43. The number of likely N-dealkylation sites (tertiary alicyclic amines) is 1. The molecule has 0 aliphatic carbocycles. The number of piperidine rings is 1. The molecule has 1 saturated heterocycles. The van der Waals surface area contributed by atoms with Gasteiger partial charge in [0.25, 0.3) is 5.91 Å². The Labute approximate surface area is 152 Å². The van der Waals surface area contributed by atoms with E-state index in [0.29, 0.717) is 10.8 Å². The molecule has 0 N–H and O–H groups in total. The summed E-state index contributed by atoms with van der Waals surface area (Å²) in [5.41, 5.74) is 0. The molecule has 2 atom stereocenters. The van der Waals surface area contributed by atoms with Crippen LogP contribution in [-0.4, -0.2) is 41.2 Å². The standard InChI is InChI=1S/C18H24ClNO3S/c1-13-4-3-5-14(2)20(13)17(21)12-23-18(22)10-11-24-16-8-6-15(19)7-9-16/h6-9,13-14H,3-5,10-12H2,1-2H3/t13-,14-/m1/s1. The zero-order chi connectivity index (χ0) is 17.5. The van der Waals surface area contributed by atoms with Crippen LogP contribution in [0.4, 0.5) is 0 Å². The van der Waals surface area contributed by atoms with Crippen LogP contribution in [-0.2, 0) is 14.3 Å². The van der Waals surface area contributed by atoms with Gasteiger partial charge in [0, 0.05) is 27.8 Å². The van der Waals surface area contributed by atoms with Crippen molar-refractivity contribution in [1.29, 1.82) is 0 Å². The molecule has 1 aliphatic rings. The molecule has 1 fully saturated rings. The molecule has 1 heterocycles. The average Bonchev–Trinajstić information content (AvgIpc) is 2.54. The Bertz CT molecular complexity index is 554. The van der Waals surface area contributed by atoms with Gasteiger partial charge in [-0.2, -0.15) is 0 Å². The molecule has 0 radical (unpaired) electrons. The summed E-state index contributed by atoms with van der Waals surface area (Å²) in [7, 11) is 0. The Hall–Kier alpha value is -1.20. The molecule has 132 valence electrons. The fraction of sp³-hybridized carbons (Fsp3) is 0.556. The second-order valence-electron chi connectivity index (χ2n) is 6.14. The molecule has 6 heteroatoms. The second-order valence-corrected chi connectivity index (χ2v) is 7.75. The Balaban J connectivity index is 1.68. The third-order valence-electron chi connectivity index (χ3n) is 4.23. The molecule has 1 aromatic carbocycles. The molecule has 0 spiro atoms. The fourth-order valence-corrected chi connectivity index (χ4v) is 3.94. The van der Waals surface area contributed by atoms with Crippen LogP contribution in [0.1, 0.15) is 39.5 Å². The molecule has 24 heavy (non-hydrogen) atoms. The van der Waals surface area contributed by atoms with E-state index in [4.69, 9.17) is 16.3 Å². The zero-order valence-corrected chi connectivity index (χ0v) is 15.7. The maximum atomic E-state index is 12.3. The summed E-state index contributed by atoms with van der Waals surface area (Å²) in [5.74, 6) is 0.195. The molecule has 0 saturated carbocycles. The monoisotopic (exact) mass is 369 g/mol. The lowest BCUT2D eigenvalue weighted by molar-refractivity contribution is -0.154. The first-order valence-corrected chi connectivity index (χ1v) is 9.69. The minimum Gasteiger partial charge on any atom is -0.456 e. The predicted octanol–water partition coefficient (Wildman–Crippen LogP) is 4.15. The summed E-state index contributed by atoms with van der Waals surface area (Å²) < 4.78 is 5.15. The first-order valence-electron chi connectivity index (χ1n) is 8.32. The van der Waals surface area contributed by atoms with Gasteiger partial charge in [-0.3, -0.25) is 9.59 Å². The first-order chi connectivity index (χ1) is 11.5. The van der Waals surface area contributed by atoms with Crippen molar-refractivity contribution in [2.45, 2.75) is 56.5 Å². The minimum absolute atomic E-state index is 0.0894. The third-order valence-corrected chi connectivity index (χ3v) is 5.49. The normalized spacial score (nSPS) is 20.7. The summed E-state index contributed by atoms with van der Waals surface area (Å²) in [4.78, 5) is 27.0. The summed E-state index contributed by atoms with van der Waals surface area (Å²) >= 11 is 7.40. The maximum absolute atomic E-state index is 12.3. The first kappa shape index (κ1) is 19.1. The van der Waals surface area contributed by atoms with Gasteiger partial charge in [-0.25, -0.2) is 0 Å². The SMILES string of the molecule is C[C@@H]1CCC[C@@H](C)N1C(=O)COC(=O)CCSc1ccc(Cl)cc1. The quantitative estimate of drug-likeness (QED) is 0.558. The highest BCUT2D eigenvalue weighted by Crippen LogP contribution is 2.23. The lowest BCUT2D eigenvalue weighted by Gasteiger charge is -2.38. The second kappa shape index (κ2) is 9.33. The molecule has 4 nitrogen and oxygen atoms in total. The van der Waals surface area contributed by atoms with Crippen molar-refractivity contribution in [2.24, 2.45) is 0 Å². The summed E-state index contributed by atoms with van der Waals surface area (Å²) in [5, 5.41) is 0.693. The van der Waals surface area contributed by atoms with Crippen molar-refractivity contribution in [3.63, 3.8) is 0 Å². The minimum atomic E-state index is -0.331. The summed E-state index contributed by atoms with van der Waals surface area (Å²) in [6, 6.07) is 7.92. The van der Waals surface area contributed by atoms with Gasteiger partial charge in [0.05, 0.1) is 6.42 Å². The van der Waals surface area contributed by atoms with Crippen molar-refractivity contribution >= 4 is 35.2 Å². The number of carbonyl (C=O) groups is 2. The van der Waals surface area contributed by atoms with Crippen molar-refractivity contribution in [3.8, 4) is 0 Å². The van der Waals surface area contributed by atoms with Gasteiger partial charge in [0.2, 0.25) is 0 Å². The highest BCUT2D eigenvalue weighted by Gasteiger charge is 2.29. The number of benzene rings is 1. The van der Waals surface area contributed by atoms with Crippen LogP contribution in [0.5, 0.6) is 0 Å². The number of amides is 1. The smallest absolute Gasteiger partial charge is 0.307 e. The molecule has 0 aromatic heterocycles. The highest BCUT2D eigenvalue weighted by molar-refractivity contribution is 7.99. The van der Waals surface area contributed by atoms with E-state index in [1.54, 1.807) is 11.8 Å².